The summed E-state index contributed by atoms with van der Waals surface area (Å²) < 4.78 is 2.08. The molecular weight excluding hydrogens is 320 g/mol. The fraction of sp³-hybridized carbons (Fsp3) is 0.550. The first-order valence-electron chi connectivity index (χ1n) is 9.26. The van der Waals surface area contributed by atoms with Crippen molar-refractivity contribution in [3.63, 3.8) is 0 Å². The summed E-state index contributed by atoms with van der Waals surface area (Å²) in [4.78, 5) is 12.7. The fourth-order valence-corrected chi connectivity index (χ4v) is 4.15. The molecule has 0 saturated heterocycles. The highest BCUT2D eigenvalue weighted by Gasteiger charge is 2.17. The van der Waals surface area contributed by atoms with E-state index in [9.17, 15) is 4.79 Å². The molecule has 1 N–H and O–H groups in total. The zero-order valence-electron chi connectivity index (χ0n) is 14.5. The highest BCUT2D eigenvalue weighted by molar-refractivity contribution is 6.36. The summed E-state index contributed by atoms with van der Waals surface area (Å²) in [5, 5.41) is 4.63. The molecular formula is C20H27ClN2O. The van der Waals surface area contributed by atoms with Crippen molar-refractivity contribution in [1.29, 1.82) is 0 Å². The van der Waals surface area contributed by atoms with Crippen LogP contribution in [0.5, 0.6) is 0 Å². The number of fused-ring (bicyclic) bond motifs is 1. The zero-order chi connectivity index (χ0) is 16.9. The Hall–Kier alpha value is -1.48. The first-order valence-corrected chi connectivity index (χ1v) is 9.64. The number of hydrogen-bond acceptors (Lipinski definition) is 1. The second-order valence-corrected chi connectivity index (χ2v) is 7.27. The smallest absolute Gasteiger partial charge is 0.253 e. The molecule has 0 aliphatic heterocycles. The molecule has 1 aliphatic carbocycles. The van der Waals surface area contributed by atoms with Gasteiger partial charge in [-0.15, -0.1) is 0 Å². The van der Waals surface area contributed by atoms with Crippen LogP contribution in [-0.4, -0.2) is 17.0 Å². The number of carbonyl (C=O) groups is 1. The second-order valence-electron chi connectivity index (χ2n) is 6.86. The summed E-state index contributed by atoms with van der Waals surface area (Å²) in [7, 11) is 0. The molecule has 1 heterocycles. The van der Waals surface area contributed by atoms with Crippen molar-refractivity contribution < 1.29 is 4.79 Å². The van der Waals surface area contributed by atoms with Gasteiger partial charge in [0.1, 0.15) is 0 Å². The monoisotopic (exact) mass is 346 g/mol. The molecule has 0 bridgehead atoms. The number of aromatic nitrogens is 1. The molecule has 1 fully saturated rings. The van der Waals surface area contributed by atoms with E-state index < -0.39 is 0 Å². The number of amides is 1. The van der Waals surface area contributed by atoms with Gasteiger partial charge < -0.3 is 9.88 Å². The summed E-state index contributed by atoms with van der Waals surface area (Å²) in [6.45, 7) is 3.66. The molecule has 0 radical (unpaired) electrons. The average molecular weight is 347 g/mol. The van der Waals surface area contributed by atoms with Gasteiger partial charge in [-0.1, -0.05) is 56.2 Å². The van der Waals surface area contributed by atoms with Gasteiger partial charge in [0.05, 0.1) is 16.1 Å². The third-order valence-electron chi connectivity index (χ3n) is 5.25. The Labute approximate surface area is 149 Å². The lowest BCUT2D eigenvalue weighted by Crippen LogP contribution is -2.25. The van der Waals surface area contributed by atoms with Crippen LogP contribution in [0.2, 0.25) is 5.02 Å². The van der Waals surface area contributed by atoms with Crippen molar-refractivity contribution >= 4 is 28.4 Å². The van der Waals surface area contributed by atoms with Crippen molar-refractivity contribution in [2.75, 3.05) is 6.54 Å². The minimum atomic E-state index is -0.00563. The predicted molar refractivity (Wildman–Crippen MR) is 101 cm³/mol. The lowest BCUT2D eigenvalue weighted by atomic mass is 9.97. The zero-order valence-corrected chi connectivity index (χ0v) is 15.2. The Morgan fingerprint density at radius 3 is 2.71 bits per heavy atom. The largest absolute Gasteiger partial charge is 0.352 e. The maximum atomic E-state index is 12.7. The number of halogens is 1. The van der Waals surface area contributed by atoms with E-state index in [1.54, 1.807) is 0 Å². The fourth-order valence-electron chi connectivity index (χ4n) is 3.88. The van der Waals surface area contributed by atoms with Crippen LogP contribution in [-0.2, 0) is 6.54 Å². The third kappa shape index (κ3) is 3.77. The summed E-state index contributed by atoms with van der Waals surface area (Å²) in [6, 6.07) is 5.81. The van der Waals surface area contributed by atoms with Crippen molar-refractivity contribution in [3.8, 4) is 0 Å². The number of nitrogens with zero attached hydrogens (tertiary/aromatic N) is 1. The summed E-state index contributed by atoms with van der Waals surface area (Å²) in [5.41, 5.74) is 1.72. The molecule has 1 amide bonds. The molecule has 0 atom stereocenters. The SMILES string of the molecule is CCn1cc(C(=O)NCCC2CCCCCC2)c2c(Cl)cccc21. The van der Waals surface area contributed by atoms with Crippen LogP contribution in [0.15, 0.2) is 24.4 Å². The predicted octanol–water partition coefficient (Wildman–Crippen LogP) is 5.40. The summed E-state index contributed by atoms with van der Waals surface area (Å²) in [6.07, 6.45) is 11.1. The van der Waals surface area contributed by atoms with E-state index in [-0.39, 0.29) is 5.91 Å². The van der Waals surface area contributed by atoms with Crippen LogP contribution < -0.4 is 5.32 Å². The lowest BCUT2D eigenvalue weighted by Gasteiger charge is -2.14. The summed E-state index contributed by atoms with van der Waals surface area (Å²) in [5.74, 6) is 0.766. The molecule has 1 aliphatic rings. The molecule has 4 heteroatoms. The highest BCUT2D eigenvalue weighted by Crippen LogP contribution is 2.29. The molecule has 130 valence electrons. The van der Waals surface area contributed by atoms with Crippen LogP contribution in [0.3, 0.4) is 0 Å². The van der Waals surface area contributed by atoms with E-state index in [2.05, 4.69) is 16.8 Å². The topological polar surface area (TPSA) is 34.0 Å². The minimum Gasteiger partial charge on any atom is -0.352 e. The lowest BCUT2D eigenvalue weighted by molar-refractivity contribution is 0.0952. The molecule has 1 aromatic heterocycles. The summed E-state index contributed by atoms with van der Waals surface area (Å²) >= 11 is 6.36. The van der Waals surface area contributed by atoms with Gasteiger partial charge in [-0.3, -0.25) is 4.79 Å². The van der Waals surface area contributed by atoms with Gasteiger partial charge in [0.2, 0.25) is 0 Å². The minimum absolute atomic E-state index is 0.00563. The van der Waals surface area contributed by atoms with Gasteiger partial charge >= 0.3 is 0 Å². The van der Waals surface area contributed by atoms with Crippen LogP contribution in [0, 0.1) is 5.92 Å². The Kier molecular flexibility index (Phi) is 5.83. The third-order valence-corrected chi connectivity index (χ3v) is 5.57. The molecule has 2 aromatic rings. The van der Waals surface area contributed by atoms with Crippen LogP contribution in [0.4, 0.5) is 0 Å². The maximum absolute atomic E-state index is 12.7. The van der Waals surface area contributed by atoms with Gasteiger partial charge in [-0.25, -0.2) is 0 Å². The molecule has 3 rings (SSSR count). The maximum Gasteiger partial charge on any atom is 0.253 e. The van der Waals surface area contributed by atoms with Crippen LogP contribution in [0.1, 0.15) is 62.2 Å². The number of aryl methyl sites for hydroxylation is 1. The number of rotatable bonds is 5. The molecule has 1 saturated carbocycles. The molecule has 1 aromatic carbocycles. The van der Waals surface area contributed by atoms with Gasteiger partial charge in [-0.2, -0.15) is 0 Å². The van der Waals surface area contributed by atoms with E-state index in [0.29, 0.717) is 10.6 Å². The molecule has 0 spiro atoms. The Balaban J connectivity index is 1.67. The van der Waals surface area contributed by atoms with Crippen molar-refractivity contribution in [2.45, 2.75) is 58.4 Å². The molecule has 0 unspecified atom stereocenters. The van der Waals surface area contributed by atoms with Gasteiger partial charge in [0.15, 0.2) is 0 Å². The molecule has 24 heavy (non-hydrogen) atoms. The second kappa shape index (κ2) is 8.06. The van der Waals surface area contributed by atoms with Crippen molar-refractivity contribution in [3.05, 3.63) is 35.0 Å². The standard InChI is InChI=1S/C20H27ClN2O/c1-2-23-14-16(19-17(21)10-7-11-18(19)23)20(24)22-13-12-15-8-5-3-4-6-9-15/h7,10-11,14-15H,2-6,8-9,12-13H2,1H3,(H,22,24). The van der Waals surface area contributed by atoms with Gasteiger partial charge in [0, 0.05) is 24.7 Å². The number of carbonyl (C=O) groups excluding carboxylic acids is 1. The quantitative estimate of drug-likeness (QED) is 0.722. The van der Waals surface area contributed by atoms with Crippen LogP contribution >= 0.6 is 11.6 Å². The number of nitrogens with one attached hydrogen (secondary N) is 1. The van der Waals surface area contributed by atoms with E-state index in [1.165, 1.54) is 38.5 Å². The Bertz CT molecular complexity index is 699. The van der Waals surface area contributed by atoms with E-state index in [1.807, 2.05) is 24.4 Å². The first kappa shape index (κ1) is 17.3. The van der Waals surface area contributed by atoms with E-state index in [4.69, 9.17) is 11.6 Å². The van der Waals surface area contributed by atoms with Gasteiger partial charge in [-0.05, 0) is 31.4 Å². The molecule has 3 nitrogen and oxygen atoms in total. The normalized spacial score (nSPS) is 16.2. The van der Waals surface area contributed by atoms with Gasteiger partial charge in [0.25, 0.3) is 5.91 Å². The Morgan fingerprint density at radius 1 is 1.25 bits per heavy atom. The van der Waals surface area contributed by atoms with E-state index in [0.717, 1.165) is 36.3 Å². The van der Waals surface area contributed by atoms with Crippen LogP contribution in [0.25, 0.3) is 10.9 Å². The van der Waals surface area contributed by atoms with E-state index >= 15 is 0 Å². The Morgan fingerprint density at radius 2 is 2.00 bits per heavy atom. The number of benzene rings is 1. The van der Waals surface area contributed by atoms with Crippen molar-refractivity contribution in [2.24, 2.45) is 5.92 Å². The average Bonchev–Trinajstić information content (AvgIpc) is 2.77. The number of hydrogen-bond donors (Lipinski definition) is 1. The first-order chi connectivity index (χ1) is 11.7. The highest BCUT2D eigenvalue weighted by atomic mass is 35.5. The van der Waals surface area contributed by atoms with Crippen molar-refractivity contribution in [1.82, 2.24) is 9.88 Å².